The number of hydrogen-bond acceptors (Lipinski definition) is 1. The molecule has 30 heavy (non-hydrogen) atoms. The molecule has 0 aromatic heterocycles. The Labute approximate surface area is 173 Å². The molecule has 0 saturated carbocycles. The van der Waals surface area contributed by atoms with Crippen molar-refractivity contribution in [2.45, 2.75) is 19.8 Å². The molecular formula is C26H21F3O. The highest BCUT2D eigenvalue weighted by Gasteiger charge is 2.14. The van der Waals surface area contributed by atoms with Gasteiger partial charge >= 0.3 is 0 Å². The van der Waals surface area contributed by atoms with E-state index in [0.717, 1.165) is 18.2 Å². The van der Waals surface area contributed by atoms with Crippen molar-refractivity contribution < 1.29 is 17.9 Å². The fourth-order valence-electron chi connectivity index (χ4n) is 3.77. The lowest BCUT2D eigenvalue weighted by atomic mass is 9.96. The molecule has 0 unspecified atom stereocenters. The van der Waals surface area contributed by atoms with E-state index in [1.54, 1.807) is 30.3 Å². The third kappa shape index (κ3) is 3.65. The van der Waals surface area contributed by atoms with Crippen LogP contribution in [0.4, 0.5) is 13.2 Å². The van der Waals surface area contributed by atoms with Gasteiger partial charge in [-0.1, -0.05) is 67.9 Å². The molecule has 0 radical (unpaired) electrons. The lowest BCUT2D eigenvalue weighted by molar-refractivity contribution is 0.360. The van der Waals surface area contributed by atoms with Gasteiger partial charge in [-0.2, -0.15) is 0 Å². The summed E-state index contributed by atoms with van der Waals surface area (Å²) in [5, 5.41) is 1.46. The fourth-order valence-corrected chi connectivity index (χ4v) is 3.77. The Morgan fingerprint density at radius 2 is 1.40 bits per heavy atom. The van der Waals surface area contributed by atoms with E-state index >= 15 is 4.39 Å². The summed E-state index contributed by atoms with van der Waals surface area (Å²) in [6.45, 7) is 2.12. The summed E-state index contributed by atoms with van der Waals surface area (Å²) in [6.07, 6.45) is 2.01. The standard InChI is InChI=1S/C26H21F3O/c1-3-4-16-5-11-22-19(13-16)10-12-21(25(22)29)18-8-6-17(7-9-18)20-14-23(27)26(30-2)24(28)15-20/h5-15H,3-4H2,1-2H3. The lowest BCUT2D eigenvalue weighted by Gasteiger charge is -2.10. The van der Waals surface area contributed by atoms with E-state index in [2.05, 4.69) is 6.92 Å². The third-order valence-electron chi connectivity index (χ3n) is 5.29. The van der Waals surface area contributed by atoms with Crippen LogP contribution in [0.3, 0.4) is 0 Å². The molecule has 4 heteroatoms. The van der Waals surface area contributed by atoms with Gasteiger partial charge in [0.15, 0.2) is 17.4 Å². The maximum atomic E-state index is 15.2. The average Bonchev–Trinajstić information content (AvgIpc) is 2.74. The minimum atomic E-state index is -0.764. The molecule has 0 aliphatic rings. The number of halogens is 3. The van der Waals surface area contributed by atoms with Crippen LogP contribution in [0.15, 0.2) is 66.7 Å². The van der Waals surface area contributed by atoms with E-state index < -0.39 is 17.4 Å². The summed E-state index contributed by atoms with van der Waals surface area (Å²) in [6, 6.07) is 18.9. The maximum absolute atomic E-state index is 15.2. The molecular weight excluding hydrogens is 385 g/mol. The Hall–Kier alpha value is -3.27. The predicted molar refractivity (Wildman–Crippen MR) is 115 cm³/mol. The van der Waals surface area contributed by atoms with Crippen molar-refractivity contribution in [3.63, 3.8) is 0 Å². The molecule has 0 heterocycles. The highest BCUT2D eigenvalue weighted by Crippen LogP contribution is 2.33. The number of rotatable bonds is 5. The molecule has 1 nitrogen and oxygen atoms in total. The molecule has 0 aliphatic carbocycles. The van der Waals surface area contributed by atoms with Crippen molar-refractivity contribution in [2.75, 3.05) is 7.11 Å². The van der Waals surface area contributed by atoms with Crippen LogP contribution in [0.1, 0.15) is 18.9 Å². The van der Waals surface area contributed by atoms with Crippen LogP contribution < -0.4 is 4.74 Å². The SMILES string of the molecule is CCCc1ccc2c(F)c(-c3ccc(-c4cc(F)c(OC)c(F)c4)cc3)ccc2c1. The number of methoxy groups -OCH3 is 1. The minimum Gasteiger partial charge on any atom is -0.491 e. The van der Waals surface area contributed by atoms with Gasteiger partial charge < -0.3 is 4.74 Å². The van der Waals surface area contributed by atoms with Gasteiger partial charge in [-0.05, 0) is 46.2 Å². The molecule has 0 aliphatic heterocycles. The van der Waals surface area contributed by atoms with Gasteiger partial charge in [0, 0.05) is 10.9 Å². The Morgan fingerprint density at radius 3 is 2.03 bits per heavy atom. The minimum absolute atomic E-state index is 0.273. The second kappa shape index (κ2) is 8.23. The maximum Gasteiger partial charge on any atom is 0.190 e. The van der Waals surface area contributed by atoms with Gasteiger partial charge in [0.2, 0.25) is 0 Å². The quantitative estimate of drug-likeness (QED) is 0.332. The zero-order valence-electron chi connectivity index (χ0n) is 16.8. The highest BCUT2D eigenvalue weighted by atomic mass is 19.1. The van der Waals surface area contributed by atoms with Gasteiger partial charge in [0.25, 0.3) is 0 Å². The first kappa shape index (κ1) is 20.0. The first-order valence-corrected chi connectivity index (χ1v) is 9.86. The average molecular weight is 406 g/mol. The van der Waals surface area contributed by atoms with E-state index in [9.17, 15) is 8.78 Å². The first-order chi connectivity index (χ1) is 14.5. The number of aryl methyl sites for hydroxylation is 1. The van der Waals surface area contributed by atoms with Crippen LogP contribution in [0.2, 0.25) is 0 Å². The Morgan fingerprint density at radius 1 is 0.733 bits per heavy atom. The summed E-state index contributed by atoms with van der Waals surface area (Å²) < 4.78 is 47.9. The van der Waals surface area contributed by atoms with Gasteiger partial charge in [-0.15, -0.1) is 0 Å². The number of fused-ring (bicyclic) bond motifs is 1. The second-order valence-corrected chi connectivity index (χ2v) is 7.28. The van der Waals surface area contributed by atoms with Gasteiger partial charge in [0.1, 0.15) is 5.82 Å². The van der Waals surface area contributed by atoms with Crippen LogP contribution in [-0.2, 0) is 6.42 Å². The van der Waals surface area contributed by atoms with Gasteiger partial charge in [-0.25, -0.2) is 13.2 Å². The summed E-state index contributed by atoms with van der Waals surface area (Å²) in [4.78, 5) is 0. The van der Waals surface area contributed by atoms with Gasteiger partial charge in [-0.3, -0.25) is 0 Å². The smallest absolute Gasteiger partial charge is 0.190 e. The summed E-state index contributed by atoms with van der Waals surface area (Å²) in [5.41, 5.74) is 3.40. The summed E-state index contributed by atoms with van der Waals surface area (Å²) >= 11 is 0. The van der Waals surface area contributed by atoms with E-state index in [0.29, 0.717) is 27.6 Å². The van der Waals surface area contributed by atoms with Crippen LogP contribution in [0.25, 0.3) is 33.0 Å². The fraction of sp³-hybridized carbons (Fsp3) is 0.154. The van der Waals surface area contributed by atoms with E-state index in [-0.39, 0.29) is 5.82 Å². The van der Waals surface area contributed by atoms with Crippen molar-refractivity contribution in [1.29, 1.82) is 0 Å². The predicted octanol–water partition coefficient (Wildman–Crippen LogP) is 7.55. The van der Waals surface area contributed by atoms with Crippen LogP contribution in [-0.4, -0.2) is 7.11 Å². The molecule has 4 aromatic rings. The summed E-state index contributed by atoms with van der Waals surface area (Å²) in [5.74, 6) is -2.21. The zero-order valence-corrected chi connectivity index (χ0v) is 16.8. The highest BCUT2D eigenvalue weighted by molar-refractivity contribution is 5.89. The van der Waals surface area contributed by atoms with Gasteiger partial charge in [0.05, 0.1) is 7.11 Å². The van der Waals surface area contributed by atoms with E-state index in [1.165, 1.54) is 24.8 Å². The van der Waals surface area contributed by atoms with E-state index in [4.69, 9.17) is 4.74 Å². The monoisotopic (exact) mass is 406 g/mol. The number of hydrogen-bond donors (Lipinski definition) is 0. The molecule has 152 valence electrons. The molecule has 4 aromatic carbocycles. The van der Waals surface area contributed by atoms with E-state index in [1.807, 2.05) is 24.3 Å². The van der Waals surface area contributed by atoms with Crippen molar-refractivity contribution in [2.24, 2.45) is 0 Å². The molecule has 0 bridgehead atoms. The van der Waals surface area contributed by atoms with Crippen LogP contribution in [0.5, 0.6) is 5.75 Å². The normalized spacial score (nSPS) is 11.1. The summed E-state index contributed by atoms with van der Waals surface area (Å²) in [7, 11) is 1.22. The molecule has 0 N–H and O–H groups in total. The van der Waals surface area contributed by atoms with Crippen LogP contribution >= 0.6 is 0 Å². The lowest BCUT2D eigenvalue weighted by Crippen LogP contribution is -1.94. The van der Waals surface area contributed by atoms with Crippen molar-refractivity contribution in [3.8, 4) is 28.0 Å². The molecule has 0 saturated heterocycles. The molecule has 4 rings (SSSR count). The van der Waals surface area contributed by atoms with Crippen LogP contribution in [0, 0.1) is 17.5 Å². The number of ether oxygens (including phenoxy) is 1. The Balaban J connectivity index is 1.70. The second-order valence-electron chi connectivity index (χ2n) is 7.28. The molecule has 0 amide bonds. The molecule has 0 spiro atoms. The Bertz CT molecular complexity index is 1190. The Kier molecular flexibility index (Phi) is 5.49. The largest absolute Gasteiger partial charge is 0.491 e. The molecule has 0 fully saturated rings. The third-order valence-corrected chi connectivity index (χ3v) is 5.29. The van der Waals surface area contributed by atoms with Crippen molar-refractivity contribution in [3.05, 3.63) is 89.7 Å². The molecule has 0 atom stereocenters. The van der Waals surface area contributed by atoms with Crippen molar-refractivity contribution >= 4 is 10.8 Å². The van der Waals surface area contributed by atoms with Crippen molar-refractivity contribution in [1.82, 2.24) is 0 Å². The topological polar surface area (TPSA) is 9.23 Å². The zero-order chi connectivity index (χ0) is 21.3. The first-order valence-electron chi connectivity index (χ1n) is 9.86. The number of benzene rings is 4.